The third-order valence-electron chi connectivity index (χ3n) is 2.72. The van der Waals surface area contributed by atoms with Gasteiger partial charge in [0.15, 0.2) is 0 Å². The van der Waals surface area contributed by atoms with Crippen LogP contribution in [-0.2, 0) is 6.54 Å². The van der Waals surface area contributed by atoms with Crippen molar-refractivity contribution >= 4 is 27.5 Å². The molecule has 1 aromatic carbocycles. The number of benzene rings is 1. The van der Waals surface area contributed by atoms with Crippen LogP contribution in [0.2, 0.25) is 5.02 Å². The van der Waals surface area contributed by atoms with E-state index in [1.165, 1.54) is 0 Å². The first-order valence-electron chi connectivity index (χ1n) is 5.83. The fourth-order valence-corrected chi connectivity index (χ4v) is 2.40. The summed E-state index contributed by atoms with van der Waals surface area (Å²) < 4.78 is 0.998. The highest BCUT2D eigenvalue weighted by molar-refractivity contribution is 9.10. The molecule has 1 aromatic rings. The van der Waals surface area contributed by atoms with Crippen LogP contribution in [0.3, 0.4) is 0 Å². The Bertz CT molecular complexity index is 357. The van der Waals surface area contributed by atoms with Gasteiger partial charge in [0.25, 0.3) is 0 Å². The van der Waals surface area contributed by atoms with Gasteiger partial charge in [-0.15, -0.1) is 0 Å². The molecule has 0 atom stereocenters. The molecule has 0 spiro atoms. The van der Waals surface area contributed by atoms with Gasteiger partial charge in [0, 0.05) is 35.2 Å². The fourth-order valence-electron chi connectivity index (χ4n) is 1.66. The molecular weight excluding hydrogens is 302 g/mol. The van der Waals surface area contributed by atoms with Crippen LogP contribution in [0, 0.1) is 0 Å². The molecule has 0 fully saturated rings. The SMILES string of the molecule is CC(C)N(CCCO)Cc1ccc(Br)cc1Cl. The summed E-state index contributed by atoms with van der Waals surface area (Å²) in [6.07, 6.45) is 0.798. The highest BCUT2D eigenvalue weighted by Crippen LogP contribution is 2.23. The van der Waals surface area contributed by atoms with Gasteiger partial charge in [0.05, 0.1) is 0 Å². The smallest absolute Gasteiger partial charge is 0.0462 e. The largest absolute Gasteiger partial charge is 0.396 e. The van der Waals surface area contributed by atoms with Crippen LogP contribution in [0.15, 0.2) is 22.7 Å². The number of hydrogen-bond acceptors (Lipinski definition) is 2. The summed E-state index contributed by atoms with van der Waals surface area (Å²) in [6, 6.07) is 6.41. The van der Waals surface area contributed by atoms with Crippen LogP contribution in [-0.4, -0.2) is 29.2 Å². The van der Waals surface area contributed by atoms with Crippen molar-refractivity contribution in [1.82, 2.24) is 4.90 Å². The first-order valence-corrected chi connectivity index (χ1v) is 7.00. The second kappa shape index (κ2) is 7.37. The van der Waals surface area contributed by atoms with Crippen LogP contribution in [0.1, 0.15) is 25.8 Å². The Morgan fingerprint density at radius 3 is 2.65 bits per heavy atom. The Morgan fingerprint density at radius 2 is 2.12 bits per heavy atom. The second-order valence-electron chi connectivity index (χ2n) is 4.38. The van der Waals surface area contributed by atoms with E-state index in [0.717, 1.165) is 34.6 Å². The maximum atomic E-state index is 8.90. The van der Waals surface area contributed by atoms with Gasteiger partial charge in [0.2, 0.25) is 0 Å². The van der Waals surface area contributed by atoms with Crippen molar-refractivity contribution in [3.05, 3.63) is 33.3 Å². The second-order valence-corrected chi connectivity index (χ2v) is 5.70. The van der Waals surface area contributed by atoms with Crippen LogP contribution in [0.5, 0.6) is 0 Å². The number of aliphatic hydroxyl groups excluding tert-OH is 1. The number of rotatable bonds is 6. The molecule has 17 heavy (non-hydrogen) atoms. The van der Waals surface area contributed by atoms with E-state index in [4.69, 9.17) is 16.7 Å². The van der Waals surface area contributed by atoms with Crippen LogP contribution >= 0.6 is 27.5 Å². The monoisotopic (exact) mass is 319 g/mol. The van der Waals surface area contributed by atoms with E-state index in [0.29, 0.717) is 6.04 Å². The molecule has 0 aliphatic rings. The van der Waals surface area contributed by atoms with Gasteiger partial charge in [-0.3, -0.25) is 4.90 Å². The minimum atomic E-state index is 0.233. The lowest BCUT2D eigenvalue weighted by molar-refractivity contribution is 0.185. The number of nitrogens with zero attached hydrogens (tertiary/aromatic N) is 1. The lowest BCUT2D eigenvalue weighted by Gasteiger charge is -2.26. The summed E-state index contributed by atoms with van der Waals surface area (Å²) in [5.74, 6) is 0. The molecule has 0 heterocycles. The molecule has 4 heteroatoms. The van der Waals surface area contributed by atoms with E-state index in [-0.39, 0.29) is 6.61 Å². The van der Waals surface area contributed by atoms with E-state index in [2.05, 4.69) is 34.7 Å². The van der Waals surface area contributed by atoms with Gasteiger partial charge in [0.1, 0.15) is 0 Å². The van der Waals surface area contributed by atoms with Gasteiger partial charge in [-0.05, 0) is 38.0 Å². The lowest BCUT2D eigenvalue weighted by Crippen LogP contribution is -2.31. The quantitative estimate of drug-likeness (QED) is 0.864. The van der Waals surface area contributed by atoms with Gasteiger partial charge in [-0.25, -0.2) is 0 Å². The van der Waals surface area contributed by atoms with Gasteiger partial charge in [-0.1, -0.05) is 33.6 Å². The average molecular weight is 321 g/mol. The number of hydrogen-bond donors (Lipinski definition) is 1. The Morgan fingerprint density at radius 1 is 1.41 bits per heavy atom. The standard InChI is InChI=1S/C13H19BrClNO/c1-10(2)16(6-3-7-17)9-11-4-5-12(14)8-13(11)15/h4-5,8,10,17H,3,6-7,9H2,1-2H3. The molecule has 2 nitrogen and oxygen atoms in total. The zero-order chi connectivity index (χ0) is 12.8. The molecule has 0 aliphatic carbocycles. The molecule has 96 valence electrons. The Hall–Kier alpha value is -0.0900. The molecule has 0 saturated heterocycles. The summed E-state index contributed by atoms with van der Waals surface area (Å²) in [5.41, 5.74) is 1.13. The first kappa shape index (κ1) is 15.0. The van der Waals surface area contributed by atoms with Crippen molar-refractivity contribution in [3.8, 4) is 0 Å². The Labute approximate surface area is 117 Å². The predicted octanol–water partition coefficient (Wildman–Crippen LogP) is 3.70. The maximum Gasteiger partial charge on any atom is 0.0462 e. The highest BCUT2D eigenvalue weighted by Gasteiger charge is 2.11. The van der Waals surface area contributed by atoms with Crippen molar-refractivity contribution < 1.29 is 5.11 Å². The first-order chi connectivity index (χ1) is 8.04. The minimum absolute atomic E-state index is 0.233. The highest BCUT2D eigenvalue weighted by atomic mass is 79.9. The summed E-state index contributed by atoms with van der Waals surface area (Å²) in [7, 11) is 0. The van der Waals surface area contributed by atoms with Crippen molar-refractivity contribution in [1.29, 1.82) is 0 Å². The van der Waals surface area contributed by atoms with Crippen molar-refractivity contribution in [2.24, 2.45) is 0 Å². The van der Waals surface area contributed by atoms with Gasteiger partial charge < -0.3 is 5.11 Å². The predicted molar refractivity (Wildman–Crippen MR) is 76.4 cm³/mol. The average Bonchev–Trinajstić information content (AvgIpc) is 2.26. The van der Waals surface area contributed by atoms with Crippen molar-refractivity contribution in [2.45, 2.75) is 32.9 Å². The van der Waals surface area contributed by atoms with E-state index in [1.54, 1.807) is 0 Å². The fraction of sp³-hybridized carbons (Fsp3) is 0.538. The topological polar surface area (TPSA) is 23.5 Å². The summed E-state index contributed by atoms with van der Waals surface area (Å²) in [5, 5.41) is 9.68. The number of aliphatic hydroxyl groups is 1. The molecule has 0 aromatic heterocycles. The Balaban J connectivity index is 2.71. The molecule has 0 bridgehead atoms. The lowest BCUT2D eigenvalue weighted by atomic mass is 10.2. The summed E-state index contributed by atoms with van der Waals surface area (Å²) in [6.45, 7) is 6.26. The molecule has 1 rings (SSSR count). The molecule has 1 N–H and O–H groups in total. The van der Waals surface area contributed by atoms with E-state index < -0.39 is 0 Å². The molecule has 0 radical (unpaired) electrons. The normalized spacial score (nSPS) is 11.5. The van der Waals surface area contributed by atoms with Crippen LogP contribution in [0.4, 0.5) is 0 Å². The molecular formula is C13H19BrClNO. The molecule has 0 unspecified atom stereocenters. The van der Waals surface area contributed by atoms with E-state index in [9.17, 15) is 0 Å². The summed E-state index contributed by atoms with van der Waals surface area (Å²) in [4.78, 5) is 2.31. The van der Waals surface area contributed by atoms with E-state index >= 15 is 0 Å². The van der Waals surface area contributed by atoms with Crippen molar-refractivity contribution in [3.63, 3.8) is 0 Å². The zero-order valence-corrected chi connectivity index (χ0v) is 12.6. The zero-order valence-electron chi connectivity index (χ0n) is 10.3. The van der Waals surface area contributed by atoms with Crippen molar-refractivity contribution in [2.75, 3.05) is 13.2 Å². The maximum absolute atomic E-state index is 8.90. The van der Waals surface area contributed by atoms with Crippen LogP contribution < -0.4 is 0 Å². The third kappa shape index (κ3) is 4.96. The Kier molecular flexibility index (Phi) is 6.49. The van der Waals surface area contributed by atoms with Gasteiger partial charge >= 0.3 is 0 Å². The third-order valence-corrected chi connectivity index (χ3v) is 3.57. The number of halogens is 2. The minimum Gasteiger partial charge on any atom is -0.396 e. The van der Waals surface area contributed by atoms with Gasteiger partial charge in [-0.2, -0.15) is 0 Å². The summed E-state index contributed by atoms with van der Waals surface area (Å²) >= 11 is 9.61. The molecule has 0 aliphatic heterocycles. The molecule has 0 saturated carbocycles. The molecule has 0 amide bonds. The van der Waals surface area contributed by atoms with Crippen LogP contribution in [0.25, 0.3) is 0 Å². The van der Waals surface area contributed by atoms with E-state index in [1.807, 2.05) is 18.2 Å².